The zero-order valence-corrected chi connectivity index (χ0v) is 25.9. The van der Waals surface area contributed by atoms with Gasteiger partial charge in [-0.3, -0.25) is 0 Å². The average Bonchev–Trinajstić information content (AvgIpc) is 3.42. The molecular weight excluding hydrogens is 591 g/mol. The van der Waals surface area contributed by atoms with Crippen LogP contribution in [0.2, 0.25) is 0 Å². The van der Waals surface area contributed by atoms with Crippen LogP contribution in [-0.2, 0) is 21.7 Å². The average molecular weight is 620 g/mol. The van der Waals surface area contributed by atoms with Crippen molar-refractivity contribution in [3.8, 4) is 0 Å². The molecule has 1 aliphatic carbocycles. The third-order valence-corrected chi connectivity index (χ3v) is 7.26. The van der Waals surface area contributed by atoms with E-state index in [2.05, 4.69) is 103 Å². The molecule has 0 heterocycles. The minimum atomic E-state index is -0.516. The normalized spacial score (nSPS) is 12.9. The van der Waals surface area contributed by atoms with Gasteiger partial charge in [0.05, 0.1) is 0 Å². The van der Waals surface area contributed by atoms with Gasteiger partial charge in [-0.15, -0.1) is 46.7 Å². The van der Waals surface area contributed by atoms with Gasteiger partial charge in [-0.25, -0.2) is 0 Å². The van der Waals surface area contributed by atoms with Gasteiger partial charge in [-0.05, 0) is 39.5 Å². The first-order chi connectivity index (χ1) is 19.3. The van der Waals surface area contributed by atoms with Crippen LogP contribution in [0.5, 0.6) is 0 Å². The summed E-state index contributed by atoms with van der Waals surface area (Å²) in [5, 5.41) is 12.4. The van der Waals surface area contributed by atoms with Crippen molar-refractivity contribution in [3.05, 3.63) is 191 Å². The van der Waals surface area contributed by atoms with Crippen molar-refractivity contribution < 1.29 is 51.6 Å². The van der Waals surface area contributed by atoms with Gasteiger partial charge in [0.25, 0.3) is 0 Å². The number of fused-ring (bicyclic) bond motifs is 2. The maximum absolute atomic E-state index is 9.99. The van der Waals surface area contributed by atoms with E-state index in [-0.39, 0.29) is 52.4 Å². The van der Waals surface area contributed by atoms with E-state index < -0.39 is 6.10 Å². The van der Waals surface area contributed by atoms with Gasteiger partial charge in [0, 0.05) is 5.92 Å². The van der Waals surface area contributed by atoms with Crippen LogP contribution in [-0.4, -0.2) is 5.11 Å². The van der Waals surface area contributed by atoms with Crippen LogP contribution in [0.4, 0.5) is 0 Å². The second kappa shape index (κ2) is 15.7. The Morgan fingerprint density at radius 2 is 1.07 bits per heavy atom. The monoisotopic (exact) mass is 619 g/mol. The summed E-state index contributed by atoms with van der Waals surface area (Å²) in [5.74, 6) is 0.239. The quantitative estimate of drug-likeness (QED) is 0.238. The van der Waals surface area contributed by atoms with E-state index >= 15 is 0 Å². The number of rotatable bonds is 4. The Bertz CT molecular complexity index is 1680. The largest absolute Gasteiger partial charge is 3.00 e. The number of benzene rings is 6. The third-order valence-electron chi connectivity index (χ3n) is 7.26. The van der Waals surface area contributed by atoms with E-state index in [1.54, 1.807) is 0 Å². The van der Waals surface area contributed by atoms with Crippen LogP contribution in [0.3, 0.4) is 0 Å². The van der Waals surface area contributed by atoms with Crippen LogP contribution in [0.15, 0.2) is 152 Å². The van der Waals surface area contributed by atoms with E-state index in [0.29, 0.717) is 0 Å². The maximum atomic E-state index is 9.99. The molecule has 1 atom stereocenters. The van der Waals surface area contributed by atoms with Crippen molar-refractivity contribution >= 4 is 22.4 Å². The van der Waals surface area contributed by atoms with Crippen molar-refractivity contribution in [2.45, 2.75) is 12.0 Å². The molecule has 0 aliphatic heterocycles. The minimum absolute atomic E-state index is 0. The molecule has 1 nitrogen and oxygen atoms in total. The van der Waals surface area contributed by atoms with Crippen LogP contribution in [0.25, 0.3) is 22.4 Å². The second-order valence-electron chi connectivity index (χ2n) is 9.75. The molecule has 0 amide bonds. The van der Waals surface area contributed by atoms with E-state index in [4.69, 9.17) is 0 Å². The zero-order chi connectivity index (χ0) is 26.4. The summed E-state index contributed by atoms with van der Waals surface area (Å²) in [7, 11) is 0. The minimum Gasteiger partial charge on any atom is -1.00 e. The topological polar surface area (TPSA) is 20.2 Å². The number of hydrogen-bond donors (Lipinski definition) is 1. The Morgan fingerprint density at radius 1 is 0.548 bits per heavy atom. The SMILES string of the molecule is OC(c1ccccc1)c1ccccc1.[Cl-].[Cl-].[Ti+3].[c-]1c(C2C(c3ccccc3)=Cc3ccccc32)ccc2ccccc12. The molecule has 4 heteroatoms. The van der Waals surface area contributed by atoms with Gasteiger partial charge in [0.15, 0.2) is 0 Å². The summed E-state index contributed by atoms with van der Waals surface area (Å²) in [6.07, 6.45) is 1.82. The molecule has 0 saturated heterocycles. The van der Waals surface area contributed by atoms with Gasteiger partial charge < -0.3 is 29.9 Å². The van der Waals surface area contributed by atoms with Crippen molar-refractivity contribution in [1.29, 1.82) is 0 Å². The molecule has 0 spiro atoms. The van der Waals surface area contributed by atoms with E-state index in [0.717, 1.165) is 11.1 Å². The summed E-state index contributed by atoms with van der Waals surface area (Å²) < 4.78 is 0. The molecule has 1 unspecified atom stereocenters. The first-order valence-corrected chi connectivity index (χ1v) is 13.3. The molecule has 0 saturated carbocycles. The van der Waals surface area contributed by atoms with Gasteiger partial charge in [-0.1, -0.05) is 127 Å². The van der Waals surface area contributed by atoms with Crippen molar-refractivity contribution in [3.63, 3.8) is 0 Å². The molecule has 7 rings (SSSR count). The summed E-state index contributed by atoms with van der Waals surface area (Å²) in [6, 6.07) is 55.3. The fourth-order valence-corrected chi connectivity index (χ4v) is 5.30. The Kier molecular flexibility index (Phi) is 12.4. The Morgan fingerprint density at radius 3 is 1.71 bits per heavy atom. The van der Waals surface area contributed by atoms with Crippen LogP contribution in [0.1, 0.15) is 45.4 Å². The Hall–Kier alpha value is -3.43. The summed E-state index contributed by atoms with van der Waals surface area (Å²) in [6.45, 7) is 0. The van der Waals surface area contributed by atoms with E-state index in [1.165, 1.54) is 38.6 Å². The maximum Gasteiger partial charge on any atom is 3.00 e. The predicted octanol–water partition coefficient (Wildman–Crippen LogP) is 3.10. The van der Waals surface area contributed by atoms with Crippen molar-refractivity contribution in [2.75, 3.05) is 0 Å². The second-order valence-corrected chi connectivity index (χ2v) is 9.75. The van der Waals surface area contributed by atoms with Crippen LogP contribution >= 0.6 is 0 Å². The van der Waals surface area contributed by atoms with Gasteiger partial charge >= 0.3 is 21.7 Å². The molecule has 1 aliphatic rings. The third kappa shape index (κ3) is 7.31. The fraction of sp³-hybridized carbons (Fsp3) is 0.0526. The molecule has 42 heavy (non-hydrogen) atoms. The first kappa shape index (κ1) is 33.1. The molecule has 1 radical (unpaired) electrons. The molecule has 205 valence electrons. The first-order valence-electron chi connectivity index (χ1n) is 13.3. The number of aliphatic hydroxyl groups excluding tert-OH is 1. The van der Waals surface area contributed by atoms with E-state index in [9.17, 15) is 5.11 Å². The summed E-state index contributed by atoms with van der Waals surface area (Å²) >= 11 is 0. The molecule has 6 aromatic rings. The molecular formula is C38H29Cl2OTi. The molecule has 1 N–H and O–H groups in total. The van der Waals surface area contributed by atoms with Crippen molar-refractivity contribution in [2.24, 2.45) is 0 Å². The van der Waals surface area contributed by atoms with Crippen LogP contribution < -0.4 is 24.8 Å². The molecule has 0 fully saturated rings. The standard InChI is InChI=1S/C25H17.C13H12O.2ClH.Ti/c1-2-9-19(10-3-1)24-17-21-12-6-7-13-23(21)25(24)22-15-14-18-8-4-5-11-20(18)16-22;14-13(11-7-3-1-4-8-11)12-9-5-2-6-10-12;;;/h1-15,17,25H;1-10,13-14H;2*1H;/q-1;;;;+3/p-2. The Balaban J connectivity index is 0.000000247. The number of halogens is 2. The Labute approximate surface area is 275 Å². The smallest absolute Gasteiger partial charge is 1.00 e. The van der Waals surface area contributed by atoms with Gasteiger partial charge in [-0.2, -0.15) is 0 Å². The summed E-state index contributed by atoms with van der Waals surface area (Å²) in [5.41, 5.74) is 8.41. The van der Waals surface area contributed by atoms with Gasteiger partial charge in [0.1, 0.15) is 6.10 Å². The van der Waals surface area contributed by atoms with Gasteiger partial charge in [0.2, 0.25) is 0 Å². The number of hydrogen-bond acceptors (Lipinski definition) is 1. The van der Waals surface area contributed by atoms with E-state index in [1.807, 2.05) is 60.7 Å². The van der Waals surface area contributed by atoms with Crippen molar-refractivity contribution in [1.82, 2.24) is 0 Å². The molecule has 0 bridgehead atoms. The van der Waals surface area contributed by atoms with Crippen LogP contribution in [0, 0.1) is 6.07 Å². The number of allylic oxidation sites excluding steroid dienone is 1. The fourth-order valence-electron chi connectivity index (χ4n) is 5.30. The predicted molar refractivity (Wildman–Crippen MR) is 162 cm³/mol. The summed E-state index contributed by atoms with van der Waals surface area (Å²) in [4.78, 5) is 0. The molecule has 6 aromatic carbocycles. The number of aliphatic hydroxyl groups is 1. The zero-order valence-electron chi connectivity index (χ0n) is 22.9. The molecule has 0 aromatic heterocycles.